The third-order valence-corrected chi connectivity index (χ3v) is 4.18. The smallest absolute Gasteiger partial charge is 0.277 e. The molecule has 2 rings (SSSR count). The summed E-state index contributed by atoms with van der Waals surface area (Å²) in [6.45, 7) is -0.177. The van der Waals surface area contributed by atoms with Gasteiger partial charge in [0.1, 0.15) is 5.76 Å². The second kappa shape index (κ2) is 8.00. The first-order valence-corrected chi connectivity index (χ1v) is 7.71. The van der Waals surface area contributed by atoms with Gasteiger partial charge in [-0.1, -0.05) is 12.1 Å². The lowest BCUT2D eigenvalue weighted by atomic mass is 10.3. The van der Waals surface area contributed by atoms with Gasteiger partial charge in [-0.3, -0.25) is 4.79 Å². The van der Waals surface area contributed by atoms with Crippen LogP contribution in [-0.2, 0) is 4.79 Å². The normalized spacial score (nSPS) is 10.7. The predicted molar refractivity (Wildman–Crippen MR) is 88.3 cm³/mol. The van der Waals surface area contributed by atoms with E-state index in [1.54, 1.807) is 24.3 Å². The Bertz CT molecular complexity index is 666. The average molecular weight is 432 g/mol. The second-order valence-corrected chi connectivity index (χ2v) is 5.58. The number of halogens is 2. The molecule has 1 aromatic heterocycles. The highest BCUT2D eigenvalue weighted by molar-refractivity contribution is 9.13. The van der Waals surface area contributed by atoms with Crippen LogP contribution in [0.3, 0.4) is 0 Å². The van der Waals surface area contributed by atoms with Crippen molar-refractivity contribution in [2.75, 3.05) is 13.7 Å². The first-order valence-electron chi connectivity index (χ1n) is 6.12. The van der Waals surface area contributed by atoms with Crippen molar-refractivity contribution >= 4 is 44.0 Å². The number of hydrazone groups is 1. The molecule has 1 heterocycles. The van der Waals surface area contributed by atoms with E-state index in [1.807, 2.05) is 6.07 Å². The van der Waals surface area contributed by atoms with Crippen LogP contribution in [0, 0.1) is 0 Å². The minimum Gasteiger partial charge on any atom is -0.493 e. The first kappa shape index (κ1) is 16.6. The van der Waals surface area contributed by atoms with Crippen LogP contribution >= 0.6 is 31.9 Å². The maximum atomic E-state index is 11.6. The highest BCUT2D eigenvalue weighted by Crippen LogP contribution is 2.26. The summed E-state index contributed by atoms with van der Waals surface area (Å²) in [5.74, 6) is 1.14. The van der Waals surface area contributed by atoms with E-state index in [9.17, 15) is 4.79 Å². The van der Waals surface area contributed by atoms with Crippen LogP contribution in [0.25, 0.3) is 0 Å². The van der Waals surface area contributed by atoms with Gasteiger partial charge in [-0.25, -0.2) is 5.43 Å². The molecule has 2 aromatic rings. The molecule has 0 saturated heterocycles. The number of furan rings is 1. The van der Waals surface area contributed by atoms with E-state index in [-0.39, 0.29) is 6.61 Å². The molecule has 22 heavy (non-hydrogen) atoms. The number of amides is 1. The molecule has 0 saturated carbocycles. The molecule has 1 aromatic carbocycles. The van der Waals surface area contributed by atoms with Gasteiger partial charge in [-0.15, -0.1) is 0 Å². The number of carbonyl (C=O) groups is 1. The number of hydrogen-bond acceptors (Lipinski definition) is 5. The van der Waals surface area contributed by atoms with E-state index in [4.69, 9.17) is 13.9 Å². The fourth-order valence-corrected chi connectivity index (χ4v) is 2.12. The molecule has 1 amide bonds. The van der Waals surface area contributed by atoms with Crippen molar-refractivity contribution in [3.8, 4) is 11.5 Å². The number of rotatable bonds is 6. The van der Waals surface area contributed by atoms with Gasteiger partial charge in [0.15, 0.2) is 22.8 Å². The van der Waals surface area contributed by atoms with Crippen LogP contribution in [-0.4, -0.2) is 25.8 Å². The highest BCUT2D eigenvalue weighted by atomic mass is 79.9. The standard InChI is InChI=1S/C14H12Br2N2O4/c1-20-11-4-2-3-5-12(11)21-8-13(19)18-17-7-9-6-10(15)14(16)22-9/h2-7H,8H2,1H3,(H,18,19)/b17-7+. The molecule has 0 aliphatic heterocycles. The Kier molecular flexibility index (Phi) is 6.02. The largest absolute Gasteiger partial charge is 0.493 e. The summed E-state index contributed by atoms with van der Waals surface area (Å²) in [5.41, 5.74) is 2.34. The van der Waals surface area contributed by atoms with Crippen molar-refractivity contribution < 1.29 is 18.7 Å². The summed E-state index contributed by atoms with van der Waals surface area (Å²) in [7, 11) is 1.53. The van der Waals surface area contributed by atoms with Crippen molar-refractivity contribution in [2.24, 2.45) is 5.10 Å². The van der Waals surface area contributed by atoms with Gasteiger partial charge in [0.2, 0.25) is 0 Å². The Balaban J connectivity index is 1.83. The van der Waals surface area contributed by atoms with Gasteiger partial charge in [0, 0.05) is 6.07 Å². The van der Waals surface area contributed by atoms with Crippen LogP contribution < -0.4 is 14.9 Å². The Morgan fingerprint density at radius 2 is 2.09 bits per heavy atom. The quantitative estimate of drug-likeness (QED) is 0.562. The van der Waals surface area contributed by atoms with Crippen molar-refractivity contribution in [1.82, 2.24) is 5.43 Å². The topological polar surface area (TPSA) is 73.1 Å². The summed E-state index contributed by atoms with van der Waals surface area (Å²) in [6.07, 6.45) is 1.39. The lowest BCUT2D eigenvalue weighted by Gasteiger charge is -2.08. The number of carbonyl (C=O) groups excluding carboxylic acids is 1. The zero-order chi connectivity index (χ0) is 15.9. The molecule has 0 aliphatic carbocycles. The highest BCUT2D eigenvalue weighted by Gasteiger charge is 2.06. The fraction of sp³-hybridized carbons (Fsp3) is 0.143. The minimum absolute atomic E-state index is 0.177. The molecule has 0 bridgehead atoms. The number of benzene rings is 1. The third kappa shape index (κ3) is 4.60. The number of para-hydroxylation sites is 2. The van der Waals surface area contributed by atoms with Gasteiger partial charge >= 0.3 is 0 Å². The van der Waals surface area contributed by atoms with Crippen molar-refractivity contribution in [3.63, 3.8) is 0 Å². The van der Waals surface area contributed by atoms with Gasteiger partial charge < -0.3 is 13.9 Å². The molecular weight excluding hydrogens is 420 g/mol. The van der Waals surface area contributed by atoms with Gasteiger partial charge in [0.05, 0.1) is 17.8 Å². The lowest BCUT2D eigenvalue weighted by Crippen LogP contribution is -2.24. The number of ether oxygens (including phenoxy) is 2. The summed E-state index contributed by atoms with van der Waals surface area (Å²) in [5, 5.41) is 3.78. The monoisotopic (exact) mass is 430 g/mol. The van der Waals surface area contributed by atoms with E-state index in [1.165, 1.54) is 13.3 Å². The molecule has 0 fully saturated rings. The first-order chi connectivity index (χ1) is 10.6. The zero-order valence-corrected chi connectivity index (χ0v) is 14.7. The molecule has 0 radical (unpaired) electrons. The van der Waals surface area contributed by atoms with Gasteiger partial charge in [-0.2, -0.15) is 5.10 Å². The Hall–Kier alpha value is -1.80. The van der Waals surface area contributed by atoms with E-state index in [0.717, 1.165) is 4.47 Å². The molecular formula is C14H12Br2N2O4. The number of hydrogen-bond donors (Lipinski definition) is 1. The Morgan fingerprint density at radius 1 is 1.36 bits per heavy atom. The Morgan fingerprint density at radius 3 is 2.73 bits per heavy atom. The van der Waals surface area contributed by atoms with Crippen molar-refractivity contribution in [1.29, 1.82) is 0 Å². The van der Waals surface area contributed by atoms with E-state index in [0.29, 0.717) is 21.9 Å². The Labute approximate surface area is 143 Å². The lowest BCUT2D eigenvalue weighted by molar-refractivity contribution is -0.123. The average Bonchev–Trinajstić information content (AvgIpc) is 2.84. The van der Waals surface area contributed by atoms with Crippen LogP contribution in [0.1, 0.15) is 5.76 Å². The molecule has 8 heteroatoms. The van der Waals surface area contributed by atoms with Gasteiger partial charge in [-0.05, 0) is 44.0 Å². The van der Waals surface area contributed by atoms with Crippen LogP contribution in [0.15, 0.2) is 49.0 Å². The molecule has 6 nitrogen and oxygen atoms in total. The van der Waals surface area contributed by atoms with Gasteiger partial charge in [0.25, 0.3) is 5.91 Å². The summed E-state index contributed by atoms with van der Waals surface area (Å²) < 4.78 is 17.1. The number of methoxy groups -OCH3 is 1. The van der Waals surface area contributed by atoms with E-state index < -0.39 is 5.91 Å². The maximum absolute atomic E-state index is 11.6. The second-order valence-electron chi connectivity index (χ2n) is 4.00. The van der Waals surface area contributed by atoms with Crippen LogP contribution in [0.5, 0.6) is 11.5 Å². The summed E-state index contributed by atoms with van der Waals surface area (Å²) in [4.78, 5) is 11.6. The van der Waals surface area contributed by atoms with Crippen molar-refractivity contribution in [2.45, 2.75) is 0 Å². The fourth-order valence-electron chi connectivity index (χ4n) is 1.51. The minimum atomic E-state index is -0.396. The molecule has 1 N–H and O–H groups in total. The third-order valence-electron chi connectivity index (χ3n) is 2.47. The number of nitrogens with one attached hydrogen (secondary N) is 1. The molecule has 0 spiro atoms. The zero-order valence-electron chi connectivity index (χ0n) is 11.5. The van der Waals surface area contributed by atoms with E-state index in [2.05, 4.69) is 42.4 Å². The molecule has 0 atom stereocenters. The van der Waals surface area contributed by atoms with Crippen LogP contribution in [0.2, 0.25) is 0 Å². The van der Waals surface area contributed by atoms with E-state index >= 15 is 0 Å². The van der Waals surface area contributed by atoms with Crippen LogP contribution in [0.4, 0.5) is 0 Å². The molecule has 116 valence electrons. The number of nitrogens with zero attached hydrogens (tertiary/aromatic N) is 1. The summed E-state index contributed by atoms with van der Waals surface area (Å²) >= 11 is 6.49. The summed E-state index contributed by atoms with van der Waals surface area (Å²) in [6, 6.07) is 8.78. The SMILES string of the molecule is COc1ccccc1OCC(=O)N/N=C/c1cc(Br)c(Br)o1. The molecule has 0 aliphatic rings. The molecule has 0 unspecified atom stereocenters. The maximum Gasteiger partial charge on any atom is 0.277 e. The van der Waals surface area contributed by atoms with Crippen molar-refractivity contribution in [3.05, 3.63) is 45.2 Å². The predicted octanol–water partition coefficient (Wildman–Crippen LogP) is 3.34.